The van der Waals surface area contributed by atoms with Gasteiger partial charge in [0.2, 0.25) is 0 Å². The summed E-state index contributed by atoms with van der Waals surface area (Å²) in [6, 6.07) is 0. The third-order valence-corrected chi connectivity index (χ3v) is 4.25. The van der Waals surface area contributed by atoms with Crippen molar-refractivity contribution in [2.45, 2.75) is 46.6 Å². The third kappa shape index (κ3) is 6.99. The molecule has 0 atom stereocenters. The molecule has 0 N–H and O–H groups in total. The molecule has 0 unspecified atom stereocenters. The fraction of sp³-hybridized carbons (Fsp3) is 0.650. The van der Waals surface area contributed by atoms with Gasteiger partial charge < -0.3 is 14.5 Å². The Hall–Kier alpha value is -2.35. The lowest BCUT2D eigenvalue weighted by molar-refractivity contribution is -0.163. The minimum atomic E-state index is -0.512. The molecule has 1 aliphatic heterocycles. The van der Waals surface area contributed by atoms with Gasteiger partial charge in [-0.3, -0.25) is 9.63 Å². The molecule has 1 fully saturated rings. The van der Waals surface area contributed by atoms with E-state index >= 15 is 0 Å². The van der Waals surface area contributed by atoms with Crippen LogP contribution in [0, 0.1) is 0 Å². The van der Waals surface area contributed by atoms with Crippen molar-refractivity contribution in [3.63, 3.8) is 0 Å². The number of hydrogen-bond acceptors (Lipinski definition) is 5. The molecule has 2 amide bonds. The molecule has 0 spiro atoms. The van der Waals surface area contributed by atoms with E-state index in [9.17, 15) is 9.59 Å². The van der Waals surface area contributed by atoms with Crippen LogP contribution in [0.3, 0.4) is 0 Å². The third-order valence-electron chi connectivity index (χ3n) is 4.25. The fourth-order valence-electron chi connectivity index (χ4n) is 2.53. The molecule has 8 nitrogen and oxygen atoms in total. The van der Waals surface area contributed by atoms with E-state index < -0.39 is 5.60 Å². The second-order valence-electron chi connectivity index (χ2n) is 7.66. The van der Waals surface area contributed by atoms with Crippen molar-refractivity contribution < 1.29 is 19.2 Å². The quantitative estimate of drug-likeness (QED) is 0.310. The van der Waals surface area contributed by atoms with E-state index in [2.05, 4.69) is 16.5 Å². The van der Waals surface area contributed by atoms with E-state index in [0.29, 0.717) is 31.8 Å². The van der Waals surface area contributed by atoms with Gasteiger partial charge in [-0.1, -0.05) is 13.5 Å². The van der Waals surface area contributed by atoms with Crippen LogP contribution in [-0.2, 0) is 14.4 Å². The summed E-state index contributed by atoms with van der Waals surface area (Å²) < 4.78 is 5.44. The van der Waals surface area contributed by atoms with Crippen molar-refractivity contribution in [3.05, 3.63) is 23.9 Å². The Morgan fingerprint density at radius 3 is 2.18 bits per heavy atom. The minimum absolute atomic E-state index is 0.262. The Morgan fingerprint density at radius 1 is 1.18 bits per heavy atom. The number of carbonyl (C=O) groups is 2. The summed E-state index contributed by atoms with van der Waals surface area (Å²) in [4.78, 5) is 37.6. The predicted octanol–water partition coefficient (Wildman–Crippen LogP) is 2.83. The van der Waals surface area contributed by atoms with Crippen molar-refractivity contribution in [2.75, 3.05) is 40.3 Å². The number of hydroxylamine groups is 2. The minimum Gasteiger partial charge on any atom is -0.444 e. The molecular weight excluding hydrogens is 360 g/mol. The highest BCUT2D eigenvalue weighted by atomic mass is 16.7. The first kappa shape index (κ1) is 23.7. The van der Waals surface area contributed by atoms with Crippen LogP contribution < -0.4 is 0 Å². The molecule has 0 saturated carbocycles. The second kappa shape index (κ2) is 10.3. The lowest BCUT2D eigenvalue weighted by Gasteiger charge is -2.37. The van der Waals surface area contributed by atoms with Crippen molar-refractivity contribution >= 4 is 17.8 Å². The Balaban J connectivity index is 2.87. The molecule has 0 aliphatic carbocycles. The average molecular weight is 395 g/mol. The van der Waals surface area contributed by atoms with Crippen LogP contribution in [-0.4, -0.2) is 78.6 Å². The molecule has 1 rings (SSSR count). The number of carbonyl (C=O) groups excluding carboxylic acids is 2. The highest BCUT2D eigenvalue weighted by molar-refractivity contribution is 5.99. The van der Waals surface area contributed by atoms with Gasteiger partial charge in [-0.15, -0.1) is 0 Å². The summed E-state index contributed by atoms with van der Waals surface area (Å²) >= 11 is 0. The summed E-state index contributed by atoms with van der Waals surface area (Å²) in [5.74, 6) is 0.473. The van der Waals surface area contributed by atoms with Gasteiger partial charge in [-0.25, -0.2) is 14.9 Å². The first-order chi connectivity index (χ1) is 13.0. The van der Waals surface area contributed by atoms with Crippen LogP contribution in [0.25, 0.3) is 0 Å². The van der Waals surface area contributed by atoms with Crippen molar-refractivity contribution in [1.82, 2.24) is 14.9 Å². The van der Waals surface area contributed by atoms with E-state index in [1.807, 2.05) is 27.7 Å². The molecule has 1 aliphatic rings. The largest absolute Gasteiger partial charge is 0.444 e. The number of amides is 2. The number of nitrogens with zero attached hydrogens (tertiary/aromatic N) is 4. The molecule has 0 aromatic carbocycles. The number of amidine groups is 1. The lowest BCUT2D eigenvalue weighted by atomic mass is 10.1. The summed E-state index contributed by atoms with van der Waals surface area (Å²) in [5.41, 5.74) is 0.821. The average Bonchev–Trinajstić information content (AvgIpc) is 2.65. The van der Waals surface area contributed by atoms with Gasteiger partial charge in [0.05, 0.1) is 7.11 Å². The molecule has 158 valence electrons. The van der Waals surface area contributed by atoms with E-state index in [-0.39, 0.29) is 12.0 Å². The van der Waals surface area contributed by atoms with Gasteiger partial charge in [-0.2, -0.15) is 0 Å². The molecule has 1 heterocycles. The maximum Gasteiger partial charge on any atom is 0.410 e. The number of piperazine rings is 1. The van der Waals surface area contributed by atoms with E-state index in [1.165, 1.54) is 13.3 Å². The fourth-order valence-corrected chi connectivity index (χ4v) is 2.53. The van der Waals surface area contributed by atoms with Crippen LogP contribution in [0.15, 0.2) is 28.9 Å². The van der Waals surface area contributed by atoms with Crippen LogP contribution in [0.2, 0.25) is 0 Å². The lowest BCUT2D eigenvalue weighted by Crippen LogP contribution is -2.51. The first-order valence-electron chi connectivity index (χ1n) is 9.47. The normalized spacial score (nSPS) is 16.1. The summed E-state index contributed by atoms with van der Waals surface area (Å²) in [5, 5.41) is 1.15. The summed E-state index contributed by atoms with van der Waals surface area (Å²) in [6.07, 6.45) is 1.97. The van der Waals surface area contributed by atoms with Gasteiger partial charge >= 0.3 is 6.09 Å². The standard InChI is InChI=1S/C20H34N4O4/c1-9-15(2)17(21-14-16(3)18(25)22(7)27-8)23-10-12-24(13-11-23)19(26)28-20(4,5)6/h14H,2,9-13H2,1,3-8H3/b16-14+,21-17+. The zero-order valence-corrected chi connectivity index (χ0v) is 18.2. The van der Waals surface area contributed by atoms with Gasteiger partial charge in [-0.05, 0) is 39.7 Å². The summed E-state index contributed by atoms with van der Waals surface area (Å²) in [7, 11) is 2.98. The Morgan fingerprint density at radius 2 is 1.71 bits per heavy atom. The number of ether oxygens (including phenoxy) is 1. The molecule has 8 heteroatoms. The second-order valence-corrected chi connectivity index (χ2v) is 7.66. The summed E-state index contributed by atoms with van der Waals surface area (Å²) in [6.45, 7) is 15.7. The van der Waals surface area contributed by atoms with Crippen LogP contribution in [0.5, 0.6) is 0 Å². The van der Waals surface area contributed by atoms with Gasteiger partial charge in [0.15, 0.2) is 0 Å². The molecule has 1 saturated heterocycles. The van der Waals surface area contributed by atoms with E-state index in [1.54, 1.807) is 18.9 Å². The van der Waals surface area contributed by atoms with Crippen molar-refractivity contribution in [1.29, 1.82) is 0 Å². The zero-order valence-electron chi connectivity index (χ0n) is 18.2. The zero-order chi connectivity index (χ0) is 21.5. The van der Waals surface area contributed by atoms with Gasteiger partial charge in [0, 0.05) is 45.0 Å². The monoisotopic (exact) mass is 394 g/mol. The highest BCUT2D eigenvalue weighted by Gasteiger charge is 2.27. The van der Waals surface area contributed by atoms with Crippen LogP contribution >= 0.6 is 0 Å². The molecule has 0 aromatic heterocycles. The van der Waals surface area contributed by atoms with Gasteiger partial charge in [0.25, 0.3) is 5.91 Å². The van der Waals surface area contributed by atoms with E-state index in [4.69, 9.17) is 9.57 Å². The maximum atomic E-state index is 12.2. The van der Waals surface area contributed by atoms with Gasteiger partial charge in [0.1, 0.15) is 11.4 Å². The number of rotatable bonds is 5. The number of aliphatic imine (C=N–C) groups is 1. The van der Waals surface area contributed by atoms with Crippen LogP contribution in [0.1, 0.15) is 41.0 Å². The Kier molecular flexibility index (Phi) is 8.68. The number of hydrogen-bond donors (Lipinski definition) is 0. The first-order valence-corrected chi connectivity index (χ1v) is 9.47. The number of likely N-dealkylation sites (N-methyl/N-ethyl adjacent to an activating group) is 1. The topological polar surface area (TPSA) is 74.7 Å². The molecular formula is C20H34N4O4. The smallest absolute Gasteiger partial charge is 0.410 e. The molecule has 0 bridgehead atoms. The SMILES string of the molecule is C=C(CC)/C(=N\C=C(/C)C(=O)N(C)OC)N1CCN(C(=O)OC(C)(C)C)CC1. The van der Waals surface area contributed by atoms with Crippen molar-refractivity contribution in [3.8, 4) is 0 Å². The van der Waals surface area contributed by atoms with Crippen LogP contribution in [0.4, 0.5) is 4.79 Å². The predicted molar refractivity (Wildman–Crippen MR) is 110 cm³/mol. The molecule has 0 aromatic rings. The Bertz CT molecular complexity index is 641. The van der Waals surface area contributed by atoms with Crippen molar-refractivity contribution in [2.24, 2.45) is 4.99 Å². The Labute approximate surface area is 168 Å². The highest BCUT2D eigenvalue weighted by Crippen LogP contribution is 2.15. The maximum absolute atomic E-state index is 12.2. The molecule has 28 heavy (non-hydrogen) atoms. The van der Waals surface area contributed by atoms with E-state index in [0.717, 1.165) is 22.9 Å². The molecule has 0 radical (unpaired) electrons.